The molecule has 1 saturated heterocycles. The van der Waals surface area contributed by atoms with Gasteiger partial charge in [0.05, 0.1) is 5.75 Å². The molecule has 1 aliphatic heterocycles. The van der Waals surface area contributed by atoms with E-state index in [2.05, 4.69) is 4.98 Å². The van der Waals surface area contributed by atoms with Gasteiger partial charge < -0.3 is 0 Å². The van der Waals surface area contributed by atoms with Gasteiger partial charge in [-0.15, -0.1) is 11.3 Å². The fraction of sp³-hybridized carbons (Fsp3) is 0.500. The Morgan fingerprint density at radius 2 is 2.36 bits per heavy atom. The van der Waals surface area contributed by atoms with Crippen LogP contribution in [0.2, 0.25) is 0 Å². The summed E-state index contributed by atoms with van der Waals surface area (Å²) >= 11 is 1.25. The summed E-state index contributed by atoms with van der Waals surface area (Å²) in [6, 6.07) is 0. The Bertz CT molecular complexity index is 449. The lowest BCUT2D eigenvalue weighted by Crippen LogP contribution is -2.07. The van der Waals surface area contributed by atoms with Crippen LogP contribution in [-0.2, 0) is 9.84 Å². The molecule has 0 aromatic carbocycles. The van der Waals surface area contributed by atoms with Crippen molar-refractivity contribution >= 4 is 27.5 Å². The van der Waals surface area contributed by atoms with Crippen molar-refractivity contribution in [2.24, 2.45) is 0 Å². The van der Waals surface area contributed by atoms with Gasteiger partial charge in [-0.3, -0.25) is 4.79 Å². The van der Waals surface area contributed by atoms with Crippen LogP contribution < -0.4 is 0 Å². The third-order valence-corrected chi connectivity index (χ3v) is 5.57. The van der Waals surface area contributed by atoms with Gasteiger partial charge in [0.25, 0.3) is 0 Å². The summed E-state index contributed by atoms with van der Waals surface area (Å²) in [4.78, 5) is 14.4. The molecule has 0 saturated carbocycles. The summed E-state index contributed by atoms with van der Waals surface area (Å²) in [5, 5.41) is 1.68. The molecule has 6 heteroatoms. The zero-order valence-electron chi connectivity index (χ0n) is 7.34. The highest BCUT2D eigenvalue weighted by Crippen LogP contribution is 2.35. The van der Waals surface area contributed by atoms with E-state index in [4.69, 9.17) is 0 Å². The predicted octanol–water partition coefficient (Wildman–Crippen LogP) is 1.21. The smallest absolute Gasteiger partial charge is 0.169 e. The molecule has 0 bridgehead atoms. The van der Waals surface area contributed by atoms with Crippen molar-refractivity contribution in [2.45, 2.75) is 18.1 Å². The van der Waals surface area contributed by atoms with Gasteiger partial charge in [0.1, 0.15) is 16.0 Å². The molecule has 14 heavy (non-hydrogen) atoms. The summed E-state index contributed by atoms with van der Waals surface area (Å²) < 4.78 is 23.1. The summed E-state index contributed by atoms with van der Waals surface area (Å²) in [6.45, 7) is 0. The zero-order valence-corrected chi connectivity index (χ0v) is 8.97. The third-order valence-electron chi connectivity index (χ3n) is 2.26. The van der Waals surface area contributed by atoms with Gasteiger partial charge in [-0.25, -0.2) is 13.4 Å². The van der Waals surface area contributed by atoms with E-state index >= 15 is 0 Å². The Balaban J connectivity index is 2.35. The molecule has 1 atom stereocenters. The van der Waals surface area contributed by atoms with Crippen LogP contribution in [0.15, 0.2) is 5.38 Å². The molecule has 1 aromatic rings. The van der Waals surface area contributed by atoms with Crippen LogP contribution in [0.5, 0.6) is 0 Å². The van der Waals surface area contributed by atoms with Crippen LogP contribution >= 0.6 is 11.3 Å². The molecule has 0 spiro atoms. The van der Waals surface area contributed by atoms with Crippen molar-refractivity contribution in [3.8, 4) is 0 Å². The predicted molar refractivity (Wildman–Crippen MR) is 53.3 cm³/mol. The lowest BCUT2D eigenvalue weighted by molar-refractivity contribution is 0.111. The summed E-state index contributed by atoms with van der Waals surface area (Å²) in [5.41, 5.74) is 0.326. The average molecular weight is 231 g/mol. The highest BCUT2D eigenvalue weighted by atomic mass is 32.2. The van der Waals surface area contributed by atoms with Crippen molar-refractivity contribution in [2.75, 3.05) is 5.75 Å². The van der Waals surface area contributed by atoms with Gasteiger partial charge in [-0.05, 0) is 12.8 Å². The molecular formula is C8H9NO3S2. The molecule has 0 aliphatic carbocycles. The first-order valence-corrected chi connectivity index (χ1v) is 6.85. The first-order chi connectivity index (χ1) is 6.63. The van der Waals surface area contributed by atoms with Crippen molar-refractivity contribution < 1.29 is 13.2 Å². The minimum atomic E-state index is -3.00. The second-order valence-corrected chi connectivity index (χ2v) is 6.42. The third kappa shape index (κ3) is 1.59. The van der Waals surface area contributed by atoms with Crippen molar-refractivity contribution in [1.82, 2.24) is 4.98 Å². The van der Waals surface area contributed by atoms with Crippen molar-refractivity contribution in [1.29, 1.82) is 0 Å². The van der Waals surface area contributed by atoms with E-state index in [9.17, 15) is 13.2 Å². The normalized spacial score (nSPS) is 25.0. The van der Waals surface area contributed by atoms with E-state index in [-0.39, 0.29) is 5.75 Å². The van der Waals surface area contributed by atoms with E-state index in [1.165, 1.54) is 11.3 Å². The molecular weight excluding hydrogens is 222 g/mol. The monoisotopic (exact) mass is 231 g/mol. The van der Waals surface area contributed by atoms with E-state index in [1.54, 1.807) is 5.38 Å². The summed E-state index contributed by atoms with van der Waals surface area (Å²) in [6.07, 6.45) is 1.97. The van der Waals surface area contributed by atoms with Crippen LogP contribution in [0.3, 0.4) is 0 Å². The van der Waals surface area contributed by atoms with Crippen LogP contribution in [0.25, 0.3) is 0 Å². The molecule has 1 unspecified atom stereocenters. The molecule has 1 aliphatic rings. The molecule has 4 nitrogen and oxygen atoms in total. The van der Waals surface area contributed by atoms with E-state index < -0.39 is 15.1 Å². The maximum absolute atomic E-state index is 11.5. The van der Waals surface area contributed by atoms with Gasteiger partial charge in [-0.2, -0.15) is 0 Å². The number of rotatable bonds is 2. The number of sulfone groups is 1. The maximum Gasteiger partial charge on any atom is 0.169 e. The average Bonchev–Trinajstić information content (AvgIpc) is 2.70. The fourth-order valence-electron chi connectivity index (χ4n) is 1.57. The van der Waals surface area contributed by atoms with Crippen LogP contribution in [0, 0.1) is 0 Å². The maximum atomic E-state index is 11.5. The zero-order chi connectivity index (χ0) is 10.2. The number of hydrogen-bond acceptors (Lipinski definition) is 5. The number of nitrogens with zero attached hydrogens (tertiary/aromatic N) is 1. The standard InChI is InChI=1S/C8H9NO3S2/c10-4-6-5-13-8(9-6)7-2-1-3-14(7,11)12/h4-5,7H,1-3H2. The fourth-order valence-corrected chi connectivity index (χ4v) is 4.69. The quantitative estimate of drug-likeness (QED) is 0.717. The van der Waals surface area contributed by atoms with Gasteiger partial charge in [-0.1, -0.05) is 0 Å². The van der Waals surface area contributed by atoms with E-state index in [1.807, 2.05) is 0 Å². The van der Waals surface area contributed by atoms with E-state index in [0.29, 0.717) is 29.8 Å². The minimum Gasteiger partial charge on any atom is -0.296 e. The second kappa shape index (κ2) is 3.43. The number of carbonyl (C=O) groups is 1. The number of thiazole rings is 1. The summed E-state index contributed by atoms with van der Waals surface area (Å²) in [7, 11) is -3.00. The van der Waals surface area contributed by atoms with Crippen LogP contribution in [-0.4, -0.2) is 25.4 Å². The molecule has 1 fully saturated rings. The first kappa shape index (κ1) is 9.79. The Kier molecular flexibility index (Phi) is 2.40. The first-order valence-electron chi connectivity index (χ1n) is 4.25. The highest BCUT2D eigenvalue weighted by Gasteiger charge is 2.34. The Morgan fingerprint density at radius 1 is 1.57 bits per heavy atom. The largest absolute Gasteiger partial charge is 0.296 e. The second-order valence-electron chi connectivity index (χ2n) is 3.23. The lowest BCUT2D eigenvalue weighted by atomic mass is 10.3. The molecule has 0 radical (unpaired) electrons. The highest BCUT2D eigenvalue weighted by molar-refractivity contribution is 7.92. The Morgan fingerprint density at radius 3 is 2.86 bits per heavy atom. The topological polar surface area (TPSA) is 64.1 Å². The molecule has 2 rings (SSSR count). The molecule has 0 amide bonds. The molecule has 2 heterocycles. The Labute approximate surface area is 85.9 Å². The van der Waals surface area contributed by atoms with Gasteiger partial charge in [0.15, 0.2) is 16.1 Å². The van der Waals surface area contributed by atoms with Gasteiger partial charge in [0.2, 0.25) is 0 Å². The SMILES string of the molecule is O=Cc1csc(C2CCCS2(=O)=O)n1. The number of aromatic nitrogens is 1. The van der Waals surface area contributed by atoms with Crippen molar-refractivity contribution in [3.63, 3.8) is 0 Å². The number of hydrogen-bond donors (Lipinski definition) is 0. The minimum absolute atomic E-state index is 0.244. The van der Waals surface area contributed by atoms with Crippen LogP contribution in [0.4, 0.5) is 0 Å². The molecule has 1 aromatic heterocycles. The van der Waals surface area contributed by atoms with Gasteiger partial charge >= 0.3 is 0 Å². The van der Waals surface area contributed by atoms with Crippen molar-refractivity contribution in [3.05, 3.63) is 16.1 Å². The molecule has 76 valence electrons. The lowest BCUT2D eigenvalue weighted by Gasteiger charge is -2.03. The van der Waals surface area contributed by atoms with Gasteiger partial charge in [0, 0.05) is 5.38 Å². The van der Waals surface area contributed by atoms with E-state index in [0.717, 1.165) is 0 Å². The van der Waals surface area contributed by atoms with Crippen LogP contribution in [0.1, 0.15) is 33.6 Å². The summed E-state index contributed by atoms with van der Waals surface area (Å²) in [5.74, 6) is 0.244. The number of aldehydes is 1. The molecule has 0 N–H and O–H groups in total. The number of carbonyl (C=O) groups excluding carboxylic acids is 1. The Hall–Kier alpha value is -0.750.